The average Bonchev–Trinajstić information content (AvgIpc) is 3.22. The van der Waals surface area contributed by atoms with Crippen molar-refractivity contribution in [3.63, 3.8) is 0 Å². The zero-order chi connectivity index (χ0) is 18.0. The predicted molar refractivity (Wildman–Crippen MR) is 89.6 cm³/mol. The van der Waals surface area contributed by atoms with Crippen LogP contribution in [0, 0.1) is 0 Å². The van der Waals surface area contributed by atoms with E-state index in [0.29, 0.717) is 5.69 Å². The molecule has 0 radical (unpaired) electrons. The predicted octanol–water partition coefficient (Wildman–Crippen LogP) is 1.93. The molecule has 25 heavy (non-hydrogen) atoms. The average molecular weight is 341 g/mol. The number of nitrogens with zero attached hydrogens (tertiary/aromatic N) is 1. The van der Waals surface area contributed by atoms with E-state index in [1.165, 1.54) is 0 Å². The fraction of sp³-hybridized carbons (Fsp3) is 0.118. The number of amides is 2. The summed E-state index contributed by atoms with van der Waals surface area (Å²) in [5.74, 6) is -1.96. The normalized spacial score (nSPS) is 10.6. The highest BCUT2D eigenvalue weighted by Crippen LogP contribution is 2.21. The molecule has 0 aliphatic heterocycles. The first-order chi connectivity index (χ1) is 12.0. The second-order valence-corrected chi connectivity index (χ2v) is 5.35. The first-order valence-corrected chi connectivity index (χ1v) is 7.40. The summed E-state index contributed by atoms with van der Waals surface area (Å²) in [4.78, 5) is 34.6. The van der Waals surface area contributed by atoms with Crippen LogP contribution in [0.15, 0.2) is 47.2 Å². The van der Waals surface area contributed by atoms with Gasteiger partial charge in [-0.15, -0.1) is 0 Å². The van der Waals surface area contributed by atoms with Crippen molar-refractivity contribution < 1.29 is 23.9 Å². The number of carbonyl (C=O) groups is 3. The number of rotatable bonds is 5. The molecule has 3 aromatic rings. The molecule has 8 heteroatoms. The summed E-state index contributed by atoms with van der Waals surface area (Å²) in [6, 6.07) is 8.29. The van der Waals surface area contributed by atoms with Crippen molar-refractivity contribution in [1.29, 1.82) is 0 Å². The Labute approximate surface area is 142 Å². The summed E-state index contributed by atoms with van der Waals surface area (Å²) >= 11 is 0. The maximum absolute atomic E-state index is 12.2. The minimum atomic E-state index is -1.17. The quantitative estimate of drug-likeness (QED) is 0.656. The van der Waals surface area contributed by atoms with Gasteiger partial charge in [-0.25, -0.2) is 4.79 Å². The van der Waals surface area contributed by atoms with Gasteiger partial charge in [0.1, 0.15) is 12.8 Å². The Hall–Kier alpha value is -3.55. The number of carboxylic acids is 1. The molecule has 0 saturated carbocycles. The van der Waals surface area contributed by atoms with Gasteiger partial charge in [-0.3, -0.25) is 9.59 Å². The molecule has 8 nitrogen and oxygen atoms in total. The number of aromatic nitrogens is 1. The Balaban J connectivity index is 1.83. The van der Waals surface area contributed by atoms with E-state index in [-0.39, 0.29) is 23.8 Å². The highest BCUT2D eigenvalue weighted by Gasteiger charge is 2.15. The molecule has 1 aromatic carbocycles. The Morgan fingerprint density at radius 2 is 2.00 bits per heavy atom. The van der Waals surface area contributed by atoms with E-state index in [1.54, 1.807) is 29.9 Å². The van der Waals surface area contributed by atoms with E-state index < -0.39 is 11.9 Å². The van der Waals surface area contributed by atoms with Crippen LogP contribution in [0.3, 0.4) is 0 Å². The van der Waals surface area contributed by atoms with Gasteiger partial charge in [0.25, 0.3) is 5.91 Å². The van der Waals surface area contributed by atoms with Gasteiger partial charge >= 0.3 is 5.97 Å². The summed E-state index contributed by atoms with van der Waals surface area (Å²) in [6.45, 7) is 0.164. The number of aromatic carboxylic acids is 1. The van der Waals surface area contributed by atoms with Crippen molar-refractivity contribution in [1.82, 2.24) is 9.88 Å². The highest BCUT2D eigenvalue weighted by molar-refractivity contribution is 6.04. The molecule has 2 heterocycles. The van der Waals surface area contributed by atoms with Crippen molar-refractivity contribution in [3.05, 3.63) is 54.1 Å². The molecule has 128 valence electrons. The summed E-state index contributed by atoms with van der Waals surface area (Å²) in [6.07, 6.45) is 2.80. The molecular weight excluding hydrogens is 326 g/mol. The fourth-order valence-corrected chi connectivity index (χ4v) is 2.39. The molecule has 0 aliphatic rings. The van der Waals surface area contributed by atoms with Crippen LogP contribution in [-0.4, -0.2) is 34.5 Å². The number of nitrogens with one attached hydrogen (secondary N) is 2. The number of hydrogen-bond donors (Lipinski definition) is 3. The summed E-state index contributed by atoms with van der Waals surface area (Å²) < 4.78 is 6.74. The third kappa shape index (κ3) is 3.37. The Bertz CT molecular complexity index is 970. The lowest BCUT2D eigenvalue weighted by Gasteiger charge is -2.07. The number of carbonyl (C=O) groups excluding carboxylic acids is 2. The molecule has 2 amide bonds. The second kappa shape index (κ2) is 6.52. The molecule has 3 rings (SSSR count). The number of carboxylic acid groups (broad SMARTS) is 1. The standard InChI is InChI=1S/C17H15N3O5/c1-18-15(21)8-20-5-4-10-2-3-12(7-13(10)20)19-16(22)14-6-11(9-25-14)17(23)24/h2-7,9H,8H2,1H3,(H,18,21)(H,19,22)(H,23,24). The maximum Gasteiger partial charge on any atom is 0.338 e. The highest BCUT2D eigenvalue weighted by atomic mass is 16.4. The van der Waals surface area contributed by atoms with Crippen molar-refractivity contribution in [2.24, 2.45) is 0 Å². The van der Waals surface area contributed by atoms with Crippen LogP contribution in [0.2, 0.25) is 0 Å². The van der Waals surface area contributed by atoms with Gasteiger partial charge in [-0.05, 0) is 23.6 Å². The van der Waals surface area contributed by atoms with E-state index in [9.17, 15) is 14.4 Å². The zero-order valence-electron chi connectivity index (χ0n) is 13.3. The lowest BCUT2D eigenvalue weighted by atomic mass is 10.2. The van der Waals surface area contributed by atoms with Crippen LogP contribution < -0.4 is 10.6 Å². The minimum Gasteiger partial charge on any atom is -0.478 e. The lowest BCUT2D eigenvalue weighted by Crippen LogP contribution is -2.23. The smallest absolute Gasteiger partial charge is 0.338 e. The zero-order valence-corrected chi connectivity index (χ0v) is 13.3. The van der Waals surface area contributed by atoms with Crippen LogP contribution >= 0.6 is 0 Å². The monoisotopic (exact) mass is 341 g/mol. The first kappa shape index (κ1) is 16.3. The number of fused-ring (bicyclic) bond motifs is 1. The van der Waals surface area contributed by atoms with E-state index in [1.807, 2.05) is 12.1 Å². The first-order valence-electron chi connectivity index (χ1n) is 7.40. The Morgan fingerprint density at radius 1 is 1.20 bits per heavy atom. The number of benzene rings is 1. The second-order valence-electron chi connectivity index (χ2n) is 5.35. The van der Waals surface area contributed by atoms with Crippen LogP contribution in [0.25, 0.3) is 10.9 Å². The lowest BCUT2D eigenvalue weighted by molar-refractivity contribution is -0.121. The van der Waals surface area contributed by atoms with Crippen molar-refractivity contribution in [2.45, 2.75) is 6.54 Å². The number of hydrogen-bond acceptors (Lipinski definition) is 4. The molecule has 0 atom stereocenters. The molecule has 0 saturated heterocycles. The molecule has 3 N–H and O–H groups in total. The Kier molecular flexibility index (Phi) is 4.25. The van der Waals surface area contributed by atoms with Crippen LogP contribution in [-0.2, 0) is 11.3 Å². The maximum atomic E-state index is 12.2. The molecule has 0 fully saturated rings. The fourth-order valence-electron chi connectivity index (χ4n) is 2.39. The van der Waals surface area contributed by atoms with E-state index in [2.05, 4.69) is 10.6 Å². The number of anilines is 1. The van der Waals surface area contributed by atoms with E-state index >= 15 is 0 Å². The summed E-state index contributed by atoms with van der Waals surface area (Å²) in [5, 5.41) is 15.0. The molecule has 2 aromatic heterocycles. The largest absolute Gasteiger partial charge is 0.478 e. The van der Waals surface area contributed by atoms with Crippen LogP contribution in [0.4, 0.5) is 5.69 Å². The summed E-state index contributed by atoms with van der Waals surface area (Å²) in [7, 11) is 1.56. The van der Waals surface area contributed by atoms with Gasteiger partial charge in [-0.1, -0.05) is 6.07 Å². The minimum absolute atomic E-state index is 0.0972. The van der Waals surface area contributed by atoms with Crippen LogP contribution in [0.1, 0.15) is 20.9 Å². The molecule has 0 unspecified atom stereocenters. The third-order valence-electron chi connectivity index (χ3n) is 3.69. The van der Waals surface area contributed by atoms with Gasteiger partial charge in [0.2, 0.25) is 5.91 Å². The van der Waals surface area contributed by atoms with Gasteiger partial charge in [-0.2, -0.15) is 0 Å². The van der Waals surface area contributed by atoms with Gasteiger partial charge in [0.05, 0.1) is 11.1 Å². The van der Waals surface area contributed by atoms with Gasteiger partial charge in [0, 0.05) is 25.0 Å². The van der Waals surface area contributed by atoms with Crippen molar-refractivity contribution in [3.8, 4) is 0 Å². The topological polar surface area (TPSA) is 114 Å². The van der Waals surface area contributed by atoms with E-state index in [4.69, 9.17) is 9.52 Å². The molecular formula is C17H15N3O5. The molecule has 0 aliphatic carbocycles. The van der Waals surface area contributed by atoms with Crippen molar-refractivity contribution in [2.75, 3.05) is 12.4 Å². The molecule has 0 spiro atoms. The molecule has 0 bridgehead atoms. The SMILES string of the molecule is CNC(=O)Cn1ccc2ccc(NC(=O)c3cc(C(=O)O)co3)cc21. The van der Waals surface area contributed by atoms with Gasteiger partial charge < -0.3 is 24.7 Å². The third-order valence-corrected chi connectivity index (χ3v) is 3.69. The van der Waals surface area contributed by atoms with Crippen LogP contribution in [0.5, 0.6) is 0 Å². The van der Waals surface area contributed by atoms with Gasteiger partial charge in [0.15, 0.2) is 5.76 Å². The Morgan fingerprint density at radius 3 is 2.68 bits per heavy atom. The van der Waals surface area contributed by atoms with E-state index in [0.717, 1.165) is 23.2 Å². The number of likely N-dealkylation sites (N-methyl/N-ethyl adjacent to an activating group) is 1. The summed E-state index contributed by atoms with van der Waals surface area (Å²) in [5.41, 5.74) is 1.19. The van der Waals surface area contributed by atoms with Crippen molar-refractivity contribution >= 4 is 34.4 Å². The number of furan rings is 1.